The molecule has 3 unspecified atom stereocenters. The number of hydrogen-bond donors (Lipinski definition) is 2. The second-order valence-electron chi connectivity index (χ2n) is 6.91. The van der Waals surface area contributed by atoms with Gasteiger partial charge in [-0.05, 0) is 50.7 Å². The molecule has 1 saturated carbocycles. The quantitative estimate of drug-likeness (QED) is 0.869. The van der Waals surface area contributed by atoms with E-state index in [4.69, 9.17) is 15.2 Å². The summed E-state index contributed by atoms with van der Waals surface area (Å²) in [6, 6.07) is 7.75. The van der Waals surface area contributed by atoms with Crippen LogP contribution < -0.4 is 15.8 Å². The molecule has 5 heteroatoms. The molecule has 2 aliphatic rings. The number of benzene rings is 1. The molecule has 1 heterocycles. The number of anilines is 1. The Morgan fingerprint density at radius 3 is 2.88 bits per heavy atom. The lowest BCUT2D eigenvalue weighted by Gasteiger charge is -2.26. The Morgan fingerprint density at radius 1 is 1.21 bits per heavy atom. The van der Waals surface area contributed by atoms with Gasteiger partial charge in [0.15, 0.2) is 0 Å². The second kappa shape index (κ2) is 8.49. The van der Waals surface area contributed by atoms with Crippen molar-refractivity contribution in [2.45, 2.75) is 57.1 Å². The molecule has 1 aliphatic carbocycles. The van der Waals surface area contributed by atoms with Crippen LogP contribution in [0.15, 0.2) is 24.3 Å². The number of amides is 1. The van der Waals surface area contributed by atoms with E-state index in [1.54, 1.807) is 0 Å². The van der Waals surface area contributed by atoms with Crippen molar-refractivity contribution < 1.29 is 14.3 Å². The first kappa shape index (κ1) is 17.2. The van der Waals surface area contributed by atoms with Crippen molar-refractivity contribution in [1.82, 2.24) is 0 Å². The fourth-order valence-electron chi connectivity index (χ4n) is 3.52. The SMILES string of the molecule is NC1CCCC(C(=O)Nc2ccccc2OCC2CCCCO2)C1. The standard InChI is InChI=1S/C19H28N2O3/c20-15-7-5-6-14(12-15)19(22)21-17-9-1-2-10-18(17)24-13-16-8-3-4-11-23-16/h1-2,9-10,14-16H,3-8,11-13,20H2,(H,21,22). The van der Waals surface area contributed by atoms with Crippen molar-refractivity contribution in [2.75, 3.05) is 18.5 Å². The van der Waals surface area contributed by atoms with E-state index in [0.29, 0.717) is 12.4 Å². The van der Waals surface area contributed by atoms with Crippen molar-refractivity contribution in [3.8, 4) is 5.75 Å². The van der Waals surface area contributed by atoms with Gasteiger partial charge in [-0.1, -0.05) is 18.6 Å². The van der Waals surface area contributed by atoms with E-state index in [1.807, 2.05) is 24.3 Å². The van der Waals surface area contributed by atoms with Gasteiger partial charge in [-0.15, -0.1) is 0 Å². The maximum Gasteiger partial charge on any atom is 0.227 e. The molecule has 5 nitrogen and oxygen atoms in total. The average Bonchev–Trinajstić information content (AvgIpc) is 2.62. The monoisotopic (exact) mass is 332 g/mol. The number of nitrogens with one attached hydrogen (secondary N) is 1. The summed E-state index contributed by atoms with van der Waals surface area (Å²) in [5.41, 5.74) is 6.73. The minimum atomic E-state index is 0.00323. The summed E-state index contributed by atoms with van der Waals surface area (Å²) in [5.74, 6) is 0.763. The number of hydrogen-bond acceptors (Lipinski definition) is 4. The third kappa shape index (κ3) is 4.71. The van der Waals surface area contributed by atoms with E-state index in [0.717, 1.165) is 50.8 Å². The van der Waals surface area contributed by atoms with Gasteiger partial charge in [0.1, 0.15) is 12.4 Å². The van der Waals surface area contributed by atoms with Gasteiger partial charge in [-0.3, -0.25) is 4.79 Å². The average molecular weight is 332 g/mol. The molecule has 1 aliphatic heterocycles. The highest BCUT2D eigenvalue weighted by atomic mass is 16.5. The Labute approximate surface area is 143 Å². The second-order valence-corrected chi connectivity index (χ2v) is 6.91. The van der Waals surface area contributed by atoms with Crippen LogP contribution in [0.25, 0.3) is 0 Å². The van der Waals surface area contributed by atoms with Crippen LogP contribution >= 0.6 is 0 Å². The lowest BCUT2D eigenvalue weighted by molar-refractivity contribution is -0.120. The van der Waals surface area contributed by atoms with E-state index in [1.165, 1.54) is 6.42 Å². The minimum absolute atomic E-state index is 0.00323. The predicted molar refractivity (Wildman–Crippen MR) is 94.1 cm³/mol. The summed E-state index contributed by atoms with van der Waals surface area (Å²) < 4.78 is 11.6. The van der Waals surface area contributed by atoms with E-state index < -0.39 is 0 Å². The maximum atomic E-state index is 12.5. The number of para-hydroxylation sites is 2. The predicted octanol–water partition coefficient (Wildman–Crippen LogP) is 3.09. The fourth-order valence-corrected chi connectivity index (χ4v) is 3.52. The molecule has 1 aromatic rings. The molecular formula is C19H28N2O3. The number of rotatable bonds is 5. The zero-order chi connectivity index (χ0) is 16.8. The van der Waals surface area contributed by atoms with Crippen LogP contribution in [0.1, 0.15) is 44.9 Å². The Balaban J connectivity index is 1.57. The number of carbonyl (C=O) groups is 1. The van der Waals surface area contributed by atoms with Crippen LogP contribution in [-0.2, 0) is 9.53 Å². The van der Waals surface area contributed by atoms with Crippen molar-refractivity contribution in [3.05, 3.63) is 24.3 Å². The molecular weight excluding hydrogens is 304 g/mol. The summed E-state index contributed by atoms with van der Waals surface area (Å²) in [6.07, 6.45) is 7.24. The van der Waals surface area contributed by atoms with Crippen LogP contribution in [0.4, 0.5) is 5.69 Å². The van der Waals surface area contributed by atoms with E-state index in [-0.39, 0.29) is 24.0 Å². The Bertz CT molecular complexity index is 543. The van der Waals surface area contributed by atoms with Gasteiger partial charge < -0.3 is 20.5 Å². The van der Waals surface area contributed by atoms with Gasteiger partial charge in [-0.25, -0.2) is 0 Å². The van der Waals surface area contributed by atoms with E-state index in [9.17, 15) is 4.79 Å². The Kier molecular flexibility index (Phi) is 6.10. The summed E-state index contributed by atoms with van der Waals surface area (Å²) in [6.45, 7) is 1.34. The van der Waals surface area contributed by atoms with Crippen LogP contribution in [0.5, 0.6) is 5.75 Å². The molecule has 0 bridgehead atoms. The highest BCUT2D eigenvalue weighted by Gasteiger charge is 2.26. The smallest absolute Gasteiger partial charge is 0.227 e. The first-order chi connectivity index (χ1) is 11.7. The van der Waals surface area contributed by atoms with Crippen LogP contribution in [-0.4, -0.2) is 31.3 Å². The molecule has 24 heavy (non-hydrogen) atoms. The topological polar surface area (TPSA) is 73.6 Å². The molecule has 1 aromatic carbocycles. The molecule has 1 saturated heterocycles. The Hall–Kier alpha value is -1.59. The molecule has 0 radical (unpaired) electrons. The van der Waals surface area contributed by atoms with Gasteiger partial charge in [0, 0.05) is 18.6 Å². The van der Waals surface area contributed by atoms with Gasteiger partial charge in [0.25, 0.3) is 0 Å². The highest BCUT2D eigenvalue weighted by Crippen LogP contribution is 2.28. The zero-order valence-electron chi connectivity index (χ0n) is 14.2. The molecule has 3 atom stereocenters. The van der Waals surface area contributed by atoms with Crippen molar-refractivity contribution in [3.63, 3.8) is 0 Å². The largest absolute Gasteiger partial charge is 0.489 e. The molecule has 0 spiro atoms. The highest BCUT2D eigenvalue weighted by molar-refractivity contribution is 5.94. The number of ether oxygens (including phenoxy) is 2. The molecule has 3 rings (SSSR count). The van der Waals surface area contributed by atoms with Crippen LogP contribution in [0, 0.1) is 5.92 Å². The number of carbonyl (C=O) groups excluding carboxylic acids is 1. The van der Waals surface area contributed by atoms with E-state index in [2.05, 4.69) is 5.32 Å². The molecule has 1 amide bonds. The van der Waals surface area contributed by atoms with Crippen molar-refractivity contribution in [2.24, 2.45) is 11.7 Å². The van der Waals surface area contributed by atoms with Gasteiger partial charge in [-0.2, -0.15) is 0 Å². The lowest BCUT2D eigenvalue weighted by atomic mass is 9.85. The van der Waals surface area contributed by atoms with Gasteiger partial charge in [0.05, 0.1) is 11.8 Å². The summed E-state index contributed by atoms with van der Waals surface area (Å²) in [5, 5.41) is 3.03. The van der Waals surface area contributed by atoms with Crippen molar-refractivity contribution in [1.29, 1.82) is 0 Å². The normalized spacial score (nSPS) is 27.5. The fraction of sp³-hybridized carbons (Fsp3) is 0.632. The third-order valence-corrected chi connectivity index (χ3v) is 4.93. The van der Waals surface area contributed by atoms with Crippen LogP contribution in [0.2, 0.25) is 0 Å². The van der Waals surface area contributed by atoms with Crippen LogP contribution in [0.3, 0.4) is 0 Å². The molecule has 0 aromatic heterocycles. The molecule has 132 valence electrons. The van der Waals surface area contributed by atoms with E-state index >= 15 is 0 Å². The minimum Gasteiger partial charge on any atom is -0.489 e. The summed E-state index contributed by atoms with van der Waals surface area (Å²) in [4.78, 5) is 12.5. The first-order valence-corrected chi connectivity index (χ1v) is 9.12. The first-order valence-electron chi connectivity index (χ1n) is 9.12. The Morgan fingerprint density at radius 2 is 2.08 bits per heavy atom. The molecule has 2 fully saturated rings. The third-order valence-electron chi connectivity index (χ3n) is 4.93. The van der Waals surface area contributed by atoms with Gasteiger partial charge in [0.2, 0.25) is 5.91 Å². The lowest BCUT2D eigenvalue weighted by Crippen LogP contribution is -2.34. The maximum absolute atomic E-state index is 12.5. The van der Waals surface area contributed by atoms with Gasteiger partial charge >= 0.3 is 0 Å². The molecule has 3 N–H and O–H groups in total. The van der Waals surface area contributed by atoms with Crippen molar-refractivity contribution >= 4 is 11.6 Å². The zero-order valence-corrected chi connectivity index (χ0v) is 14.2. The summed E-state index contributed by atoms with van der Waals surface area (Å²) >= 11 is 0. The summed E-state index contributed by atoms with van der Waals surface area (Å²) in [7, 11) is 0. The number of nitrogens with two attached hydrogens (primary N) is 1.